The fourth-order valence-electron chi connectivity index (χ4n) is 2.90. The molecule has 2 N–H and O–H groups in total. The SMILES string of the molecule is Cc1noc([C@@H](C)NC(=O)NCc2ccccc2N2CCCC2)n1. The van der Waals surface area contributed by atoms with Crippen molar-refractivity contribution in [3.63, 3.8) is 0 Å². The predicted molar refractivity (Wildman–Crippen MR) is 90.7 cm³/mol. The number of urea groups is 1. The lowest BCUT2D eigenvalue weighted by molar-refractivity contribution is 0.233. The molecule has 7 heteroatoms. The minimum atomic E-state index is -0.333. The van der Waals surface area contributed by atoms with E-state index in [1.807, 2.05) is 19.1 Å². The number of nitrogens with one attached hydrogen (secondary N) is 2. The summed E-state index contributed by atoms with van der Waals surface area (Å²) in [6, 6.07) is 7.62. The molecule has 2 aromatic rings. The van der Waals surface area contributed by atoms with E-state index in [2.05, 4.69) is 37.8 Å². The Morgan fingerprint density at radius 2 is 2.08 bits per heavy atom. The van der Waals surface area contributed by atoms with Gasteiger partial charge in [0.2, 0.25) is 5.89 Å². The van der Waals surface area contributed by atoms with Crippen molar-refractivity contribution in [1.82, 2.24) is 20.8 Å². The minimum Gasteiger partial charge on any atom is -0.371 e. The van der Waals surface area contributed by atoms with E-state index in [0.29, 0.717) is 18.3 Å². The first-order valence-corrected chi connectivity index (χ1v) is 8.31. The van der Waals surface area contributed by atoms with Crippen LogP contribution in [0.4, 0.5) is 10.5 Å². The first kappa shape index (κ1) is 16.3. The highest BCUT2D eigenvalue weighted by molar-refractivity contribution is 5.74. The molecule has 2 amide bonds. The molecule has 2 heterocycles. The van der Waals surface area contributed by atoms with E-state index in [4.69, 9.17) is 4.52 Å². The molecule has 1 aromatic carbocycles. The second kappa shape index (κ2) is 7.33. The Morgan fingerprint density at radius 1 is 1.33 bits per heavy atom. The van der Waals surface area contributed by atoms with Crippen LogP contribution >= 0.6 is 0 Å². The Labute approximate surface area is 141 Å². The van der Waals surface area contributed by atoms with Gasteiger partial charge in [0.15, 0.2) is 5.82 Å². The third-order valence-corrected chi connectivity index (χ3v) is 4.14. The lowest BCUT2D eigenvalue weighted by Crippen LogP contribution is -2.37. The molecule has 0 bridgehead atoms. The van der Waals surface area contributed by atoms with Crippen LogP contribution in [0.2, 0.25) is 0 Å². The third kappa shape index (κ3) is 3.84. The molecule has 0 saturated carbocycles. The van der Waals surface area contributed by atoms with Gasteiger partial charge >= 0.3 is 6.03 Å². The molecule has 1 aromatic heterocycles. The Bertz CT molecular complexity index is 694. The predicted octanol–water partition coefficient (Wildman–Crippen LogP) is 2.54. The molecule has 1 saturated heterocycles. The summed E-state index contributed by atoms with van der Waals surface area (Å²) >= 11 is 0. The highest BCUT2D eigenvalue weighted by atomic mass is 16.5. The van der Waals surface area contributed by atoms with Gasteiger partial charge in [-0.2, -0.15) is 4.98 Å². The van der Waals surface area contributed by atoms with E-state index in [1.165, 1.54) is 18.5 Å². The van der Waals surface area contributed by atoms with Gasteiger partial charge in [-0.1, -0.05) is 23.4 Å². The maximum atomic E-state index is 12.1. The number of hydrogen-bond acceptors (Lipinski definition) is 5. The fourth-order valence-corrected chi connectivity index (χ4v) is 2.90. The van der Waals surface area contributed by atoms with Crippen LogP contribution in [0.1, 0.15) is 43.1 Å². The highest BCUT2D eigenvalue weighted by Gasteiger charge is 2.17. The van der Waals surface area contributed by atoms with Gasteiger partial charge in [-0.3, -0.25) is 0 Å². The number of amides is 2. The van der Waals surface area contributed by atoms with Gasteiger partial charge in [-0.25, -0.2) is 4.79 Å². The molecule has 1 atom stereocenters. The summed E-state index contributed by atoms with van der Waals surface area (Å²) in [7, 11) is 0. The van der Waals surface area contributed by atoms with Crippen LogP contribution in [-0.2, 0) is 6.54 Å². The summed E-state index contributed by atoms with van der Waals surface area (Å²) in [5, 5.41) is 9.44. The maximum absolute atomic E-state index is 12.1. The number of rotatable bonds is 5. The van der Waals surface area contributed by atoms with Crippen LogP contribution in [0.15, 0.2) is 28.8 Å². The second-order valence-corrected chi connectivity index (χ2v) is 6.05. The van der Waals surface area contributed by atoms with Crippen LogP contribution in [0.3, 0.4) is 0 Å². The maximum Gasteiger partial charge on any atom is 0.315 e. The van der Waals surface area contributed by atoms with Gasteiger partial charge in [-0.05, 0) is 38.3 Å². The molecule has 1 fully saturated rings. The normalized spacial score (nSPS) is 15.3. The monoisotopic (exact) mass is 329 g/mol. The molecule has 0 unspecified atom stereocenters. The second-order valence-electron chi connectivity index (χ2n) is 6.05. The van der Waals surface area contributed by atoms with E-state index in [-0.39, 0.29) is 12.1 Å². The average molecular weight is 329 g/mol. The molecular weight excluding hydrogens is 306 g/mol. The van der Waals surface area contributed by atoms with Gasteiger partial charge < -0.3 is 20.1 Å². The number of para-hydroxylation sites is 1. The number of nitrogens with zero attached hydrogens (tertiary/aromatic N) is 3. The van der Waals surface area contributed by atoms with E-state index in [0.717, 1.165) is 18.7 Å². The van der Waals surface area contributed by atoms with Gasteiger partial charge in [0.05, 0.1) is 0 Å². The first-order chi connectivity index (χ1) is 11.6. The number of aryl methyl sites for hydroxylation is 1. The molecule has 128 valence electrons. The Kier molecular flexibility index (Phi) is 4.98. The molecule has 0 aliphatic carbocycles. The molecule has 3 rings (SSSR count). The topological polar surface area (TPSA) is 83.3 Å². The van der Waals surface area contributed by atoms with E-state index in [9.17, 15) is 4.79 Å². The third-order valence-electron chi connectivity index (χ3n) is 4.14. The van der Waals surface area contributed by atoms with Crippen LogP contribution in [-0.4, -0.2) is 29.3 Å². The van der Waals surface area contributed by atoms with E-state index >= 15 is 0 Å². The van der Waals surface area contributed by atoms with Crippen molar-refractivity contribution in [2.24, 2.45) is 0 Å². The smallest absolute Gasteiger partial charge is 0.315 e. The van der Waals surface area contributed by atoms with Crippen molar-refractivity contribution in [3.05, 3.63) is 41.5 Å². The van der Waals surface area contributed by atoms with Gasteiger partial charge in [-0.15, -0.1) is 0 Å². The molecule has 0 spiro atoms. The van der Waals surface area contributed by atoms with E-state index in [1.54, 1.807) is 6.92 Å². The standard InChI is InChI=1S/C17H23N5O2/c1-12(16-20-13(2)21-24-16)19-17(23)18-11-14-7-3-4-8-15(14)22-9-5-6-10-22/h3-4,7-8,12H,5-6,9-11H2,1-2H3,(H2,18,19,23)/t12-/m1/s1. The van der Waals surface area contributed by atoms with Crippen molar-refractivity contribution in [2.75, 3.05) is 18.0 Å². The largest absolute Gasteiger partial charge is 0.371 e. The van der Waals surface area contributed by atoms with Crippen molar-refractivity contribution < 1.29 is 9.32 Å². The first-order valence-electron chi connectivity index (χ1n) is 8.31. The lowest BCUT2D eigenvalue weighted by Gasteiger charge is -2.21. The molecule has 1 aliphatic heterocycles. The lowest BCUT2D eigenvalue weighted by atomic mass is 10.1. The number of carbonyl (C=O) groups excluding carboxylic acids is 1. The highest BCUT2D eigenvalue weighted by Crippen LogP contribution is 2.24. The minimum absolute atomic E-state index is 0.255. The molecule has 0 radical (unpaired) electrons. The number of anilines is 1. The quantitative estimate of drug-likeness (QED) is 0.881. The van der Waals surface area contributed by atoms with E-state index < -0.39 is 0 Å². The van der Waals surface area contributed by atoms with Gasteiger partial charge in [0.1, 0.15) is 6.04 Å². The van der Waals surface area contributed by atoms with Gasteiger partial charge in [0.25, 0.3) is 0 Å². The molecule has 7 nitrogen and oxygen atoms in total. The summed E-state index contributed by atoms with van der Waals surface area (Å²) in [6.07, 6.45) is 2.45. The summed E-state index contributed by atoms with van der Waals surface area (Å²) in [5.41, 5.74) is 2.33. The summed E-state index contributed by atoms with van der Waals surface area (Å²) < 4.78 is 5.07. The van der Waals surface area contributed by atoms with Crippen LogP contribution in [0, 0.1) is 6.92 Å². The average Bonchev–Trinajstić information content (AvgIpc) is 3.24. The van der Waals surface area contributed by atoms with Crippen molar-refractivity contribution in [1.29, 1.82) is 0 Å². The Morgan fingerprint density at radius 3 is 2.79 bits per heavy atom. The van der Waals surface area contributed by atoms with Crippen LogP contribution in [0.5, 0.6) is 0 Å². The number of aromatic nitrogens is 2. The zero-order chi connectivity index (χ0) is 16.9. The summed E-state index contributed by atoms with van der Waals surface area (Å²) in [6.45, 7) is 6.20. The summed E-state index contributed by atoms with van der Waals surface area (Å²) in [5.74, 6) is 0.957. The van der Waals surface area contributed by atoms with Gasteiger partial charge in [0, 0.05) is 25.3 Å². The van der Waals surface area contributed by atoms with Crippen molar-refractivity contribution in [2.45, 2.75) is 39.3 Å². The number of hydrogen-bond donors (Lipinski definition) is 2. The zero-order valence-electron chi connectivity index (χ0n) is 14.1. The fraction of sp³-hybridized carbons (Fsp3) is 0.471. The van der Waals surface area contributed by atoms with Crippen molar-refractivity contribution >= 4 is 11.7 Å². The van der Waals surface area contributed by atoms with Crippen LogP contribution in [0.25, 0.3) is 0 Å². The number of carbonyl (C=O) groups is 1. The Hall–Kier alpha value is -2.57. The molecule has 24 heavy (non-hydrogen) atoms. The molecular formula is C17H23N5O2. The van der Waals surface area contributed by atoms with Crippen molar-refractivity contribution in [3.8, 4) is 0 Å². The van der Waals surface area contributed by atoms with Crippen LogP contribution < -0.4 is 15.5 Å². The zero-order valence-corrected chi connectivity index (χ0v) is 14.1. The molecule has 1 aliphatic rings. The Balaban J connectivity index is 1.56. The summed E-state index contributed by atoms with van der Waals surface area (Å²) in [4.78, 5) is 18.6. The number of benzene rings is 1.